The molecule has 4 rings (SSSR count). The van der Waals surface area contributed by atoms with Gasteiger partial charge in [0, 0.05) is 6.04 Å². The van der Waals surface area contributed by atoms with Crippen molar-refractivity contribution in [2.75, 3.05) is 5.75 Å². The van der Waals surface area contributed by atoms with E-state index >= 15 is 0 Å². The van der Waals surface area contributed by atoms with Crippen LogP contribution < -0.4 is 0 Å². The highest BCUT2D eigenvalue weighted by Gasteiger charge is 2.31. The Balaban J connectivity index is 1.59. The third-order valence-corrected chi connectivity index (χ3v) is 5.14. The fraction of sp³-hybridized carbons (Fsp3) is 0.211. The second-order valence-electron chi connectivity index (χ2n) is 6.08. The van der Waals surface area contributed by atoms with E-state index in [0.29, 0.717) is 16.5 Å². The van der Waals surface area contributed by atoms with Gasteiger partial charge in [0.05, 0.1) is 16.9 Å². The molecule has 0 unspecified atom stereocenters. The molecule has 7 heteroatoms. The number of rotatable bonds is 6. The number of benzene rings is 2. The van der Waals surface area contributed by atoms with Gasteiger partial charge in [0.25, 0.3) is 0 Å². The van der Waals surface area contributed by atoms with Crippen LogP contribution in [0.3, 0.4) is 0 Å². The van der Waals surface area contributed by atoms with Crippen molar-refractivity contribution in [1.29, 1.82) is 0 Å². The van der Waals surface area contributed by atoms with E-state index in [4.69, 9.17) is 0 Å². The van der Waals surface area contributed by atoms with Crippen molar-refractivity contribution in [3.8, 4) is 11.4 Å². The molecule has 0 N–H and O–H groups in total. The number of carbonyl (C=O) groups excluding carboxylic acids is 1. The van der Waals surface area contributed by atoms with Crippen LogP contribution in [0.4, 0.5) is 8.78 Å². The first-order chi connectivity index (χ1) is 12.6. The molecule has 26 heavy (non-hydrogen) atoms. The molecule has 0 aliphatic heterocycles. The van der Waals surface area contributed by atoms with E-state index in [1.54, 1.807) is 30.3 Å². The Bertz CT molecular complexity index is 969. The lowest BCUT2D eigenvalue weighted by atomic mass is 10.1. The number of hydrogen-bond acceptors (Lipinski definition) is 4. The quantitative estimate of drug-likeness (QED) is 0.472. The molecule has 1 aliphatic rings. The van der Waals surface area contributed by atoms with Crippen LogP contribution in [-0.4, -0.2) is 26.3 Å². The Hall–Kier alpha value is -2.54. The number of hydrogen-bond donors (Lipinski definition) is 0. The summed E-state index contributed by atoms with van der Waals surface area (Å²) in [7, 11) is 0. The third-order valence-electron chi connectivity index (χ3n) is 4.20. The highest BCUT2D eigenvalue weighted by Crippen LogP contribution is 2.41. The average Bonchev–Trinajstić information content (AvgIpc) is 3.40. The summed E-state index contributed by atoms with van der Waals surface area (Å²) in [6.45, 7) is 0. The summed E-state index contributed by atoms with van der Waals surface area (Å²) in [6.07, 6.45) is 1.93. The Morgan fingerprint density at radius 1 is 1.04 bits per heavy atom. The lowest BCUT2D eigenvalue weighted by Gasteiger charge is -2.09. The molecule has 1 saturated carbocycles. The first kappa shape index (κ1) is 16.9. The first-order valence-corrected chi connectivity index (χ1v) is 9.24. The zero-order valence-electron chi connectivity index (χ0n) is 13.7. The minimum Gasteiger partial charge on any atom is -0.299 e. The number of carbonyl (C=O) groups is 1. The molecular weight excluding hydrogens is 356 g/mol. The molecule has 132 valence electrons. The topological polar surface area (TPSA) is 47.8 Å². The van der Waals surface area contributed by atoms with Crippen LogP contribution in [0.15, 0.2) is 53.7 Å². The highest BCUT2D eigenvalue weighted by atomic mass is 32.2. The number of ketones is 1. The maximum Gasteiger partial charge on any atom is 0.192 e. The SMILES string of the molecule is O=C(CSc1nnc(-c2ccccc2F)n1C1CC1)c1ccccc1F. The van der Waals surface area contributed by atoms with E-state index in [2.05, 4.69) is 10.2 Å². The van der Waals surface area contributed by atoms with Gasteiger partial charge in [0.1, 0.15) is 11.6 Å². The van der Waals surface area contributed by atoms with E-state index in [1.165, 1.54) is 30.0 Å². The van der Waals surface area contributed by atoms with Crippen molar-refractivity contribution >= 4 is 17.5 Å². The number of halogens is 2. The zero-order valence-corrected chi connectivity index (χ0v) is 14.5. The van der Waals surface area contributed by atoms with Crippen molar-refractivity contribution in [2.24, 2.45) is 0 Å². The monoisotopic (exact) mass is 371 g/mol. The van der Waals surface area contributed by atoms with Gasteiger partial charge in [-0.05, 0) is 37.1 Å². The minimum atomic E-state index is -0.534. The number of thioether (sulfide) groups is 1. The predicted molar refractivity (Wildman–Crippen MR) is 95.1 cm³/mol. The molecule has 1 aromatic heterocycles. The highest BCUT2D eigenvalue weighted by molar-refractivity contribution is 7.99. The first-order valence-electron chi connectivity index (χ1n) is 8.25. The van der Waals surface area contributed by atoms with Crippen LogP contribution in [0.2, 0.25) is 0 Å². The molecule has 1 fully saturated rings. The second-order valence-corrected chi connectivity index (χ2v) is 7.02. The fourth-order valence-electron chi connectivity index (χ4n) is 2.76. The minimum absolute atomic E-state index is 0.0447. The van der Waals surface area contributed by atoms with Gasteiger partial charge in [0.15, 0.2) is 16.8 Å². The number of nitrogens with zero attached hydrogens (tertiary/aromatic N) is 3. The van der Waals surface area contributed by atoms with Crippen molar-refractivity contribution in [2.45, 2.75) is 24.0 Å². The van der Waals surface area contributed by atoms with Crippen molar-refractivity contribution in [1.82, 2.24) is 14.8 Å². The maximum absolute atomic E-state index is 14.1. The Kier molecular flexibility index (Phi) is 4.55. The van der Waals surface area contributed by atoms with Gasteiger partial charge in [0.2, 0.25) is 0 Å². The normalized spacial score (nSPS) is 13.8. The van der Waals surface area contributed by atoms with Crippen LogP contribution in [0.25, 0.3) is 11.4 Å². The fourth-order valence-corrected chi connectivity index (χ4v) is 3.65. The Labute approximate surface area is 153 Å². The third kappa shape index (κ3) is 3.26. The van der Waals surface area contributed by atoms with E-state index in [1.807, 2.05) is 4.57 Å². The van der Waals surface area contributed by atoms with Gasteiger partial charge in [-0.3, -0.25) is 9.36 Å². The standard InChI is InChI=1S/C19H15F2N3OS/c20-15-7-3-1-5-13(15)17(25)11-26-19-23-22-18(24(19)12-9-10-12)14-6-2-4-8-16(14)21/h1-8,12H,9-11H2. The molecule has 0 saturated heterocycles. The van der Waals surface area contributed by atoms with Crippen molar-refractivity contribution in [3.63, 3.8) is 0 Å². The number of aromatic nitrogens is 3. The molecule has 0 amide bonds. The molecule has 0 radical (unpaired) electrons. The summed E-state index contributed by atoms with van der Waals surface area (Å²) < 4.78 is 29.8. The zero-order chi connectivity index (χ0) is 18.1. The molecule has 0 spiro atoms. The molecular formula is C19H15F2N3OS. The van der Waals surface area contributed by atoms with Crippen LogP contribution in [0.1, 0.15) is 29.2 Å². The molecule has 0 bridgehead atoms. The molecule has 1 heterocycles. The molecule has 2 aromatic carbocycles. The van der Waals surface area contributed by atoms with Gasteiger partial charge >= 0.3 is 0 Å². The summed E-state index contributed by atoms with van der Waals surface area (Å²) in [5.41, 5.74) is 0.450. The van der Waals surface area contributed by atoms with E-state index in [9.17, 15) is 13.6 Å². The second kappa shape index (κ2) is 6.99. The van der Waals surface area contributed by atoms with Gasteiger partial charge in [-0.1, -0.05) is 36.0 Å². The number of Topliss-reactive ketones (excluding diaryl/α,β-unsaturated/α-hetero) is 1. The van der Waals surface area contributed by atoms with E-state index in [0.717, 1.165) is 12.8 Å². The smallest absolute Gasteiger partial charge is 0.192 e. The van der Waals surface area contributed by atoms with Crippen LogP contribution in [-0.2, 0) is 0 Å². The maximum atomic E-state index is 14.1. The largest absolute Gasteiger partial charge is 0.299 e. The van der Waals surface area contributed by atoms with Gasteiger partial charge < -0.3 is 0 Å². The van der Waals surface area contributed by atoms with Gasteiger partial charge in [-0.15, -0.1) is 10.2 Å². The van der Waals surface area contributed by atoms with Gasteiger partial charge in [-0.25, -0.2) is 8.78 Å². The Morgan fingerprint density at radius 3 is 2.42 bits per heavy atom. The lowest BCUT2D eigenvalue weighted by molar-refractivity contribution is 0.101. The molecule has 3 aromatic rings. The van der Waals surface area contributed by atoms with Gasteiger partial charge in [-0.2, -0.15) is 0 Å². The predicted octanol–water partition coefficient (Wildman–Crippen LogP) is 4.53. The summed E-state index contributed by atoms with van der Waals surface area (Å²) in [4.78, 5) is 12.3. The van der Waals surface area contributed by atoms with E-state index in [-0.39, 0.29) is 29.0 Å². The summed E-state index contributed by atoms with van der Waals surface area (Å²) in [6, 6.07) is 12.5. The summed E-state index contributed by atoms with van der Waals surface area (Å²) >= 11 is 1.20. The summed E-state index contributed by atoms with van der Waals surface area (Å²) in [5, 5.41) is 8.84. The molecule has 4 nitrogen and oxygen atoms in total. The average molecular weight is 371 g/mol. The summed E-state index contributed by atoms with van der Waals surface area (Å²) in [5.74, 6) is -0.699. The van der Waals surface area contributed by atoms with E-state index < -0.39 is 5.82 Å². The van der Waals surface area contributed by atoms with Crippen molar-refractivity contribution < 1.29 is 13.6 Å². The van der Waals surface area contributed by atoms with Crippen LogP contribution in [0.5, 0.6) is 0 Å². The Morgan fingerprint density at radius 2 is 1.73 bits per heavy atom. The van der Waals surface area contributed by atoms with Crippen LogP contribution >= 0.6 is 11.8 Å². The molecule has 1 aliphatic carbocycles. The molecule has 0 atom stereocenters. The lowest BCUT2D eigenvalue weighted by Crippen LogP contribution is -2.07. The van der Waals surface area contributed by atoms with Crippen LogP contribution in [0, 0.1) is 11.6 Å². The van der Waals surface area contributed by atoms with Crippen molar-refractivity contribution in [3.05, 3.63) is 65.7 Å².